The molecule has 0 aromatic rings. The summed E-state index contributed by atoms with van der Waals surface area (Å²) in [7, 11) is 1.44. The van der Waals surface area contributed by atoms with E-state index >= 15 is 0 Å². The Balaban J connectivity index is 0. The molecule has 1 unspecified atom stereocenters. The molecule has 0 spiro atoms. The van der Waals surface area contributed by atoms with E-state index in [2.05, 4.69) is 11.7 Å². The maximum atomic E-state index is 10.8. The SMILES string of the molecule is CCCCC(N)CCCCCCC(=O)OC.Cl. The lowest BCUT2D eigenvalue weighted by atomic mass is 10.0. The number of unbranched alkanes of at least 4 members (excludes halogenated alkanes) is 4. The van der Waals surface area contributed by atoms with Crippen molar-refractivity contribution in [1.82, 2.24) is 0 Å². The molecule has 0 aromatic heterocycles. The molecule has 2 N–H and O–H groups in total. The molecule has 0 aliphatic carbocycles. The highest BCUT2D eigenvalue weighted by atomic mass is 35.5. The van der Waals surface area contributed by atoms with Crippen molar-refractivity contribution in [3.8, 4) is 0 Å². The van der Waals surface area contributed by atoms with Crippen molar-refractivity contribution in [1.29, 1.82) is 0 Å². The standard InChI is InChI=1S/C13H27NO2.ClH/c1-3-4-9-12(14)10-7-5-6-8-11-13(15)16-2;/h12H,3-11,14H2,1-2H3;1H. The highest BCUT2D eigenvalue weighted by molar-refractivity contribution is 5.85. The Kier molecular flexibility index (Phi) is 15.5. The minimum Gasteiger partial charge on any atom is -0.469 e. The number of halogens is 1. The zero-order valence-electron chi connectivity index (χ0n) is 11.2. The van der Waals surface area contributed by atoms with E-state index in [1.54, 1.807) is 0 Å². The Bertz CT molecular complexity index is 177. The lowest BCUT2D eigenvalue weighted by Gasteiger charge is -2.10. The Morgan fingerprint density at radius 1 is 1.12 bits per heavy atom. The molecule has 0 aliphatic rings. The van der Waals surface area contributed by atoms with Gasteiger partial charge in [0.1, 0.15) is 0 Å². The van der Waals surface area contributed by atoms with E-state index in [0.717, 1.165) is 25.7 Å². The third-order valence-electron chi connectivity index (χ3n) is 2.86. The lowest BCUT2D eigenvalue weighted by molar-refractivity contribution is -0.140. The summed E-state index contributed by atoms with van der Waals surface area (Å²) in [5.41, 5.74) is 5.97. The molecule has 0 heterocycles. The second kappa shape index (κ2) is 13.8. The van der Waals surface area contributed by atoms with Crippen LogP contribution in [0, 0.1) is 0 Å². The van der Waals surface area contributed by atoms with Gasteiger partial charge in [-0.25, -0.2) is 0 Å². The highest BCUT2D eigenvalue weighted by Crippen LogP contribution is 2.10. The summed E-state index contributed by atoms with van der Waals surface area (Å²) in [6.45, 7) is 2.19. The van der Waals surface area contributed by atoms with Crippen molar-refractivity contribution in [3.05, 3.63) is 0 Å². The van der Waals surface area contributed by atoms with Gasteiger partial charge in [0.2, 0.25) is 0 Å². The third-order valence-corrected chi connectivity index (χ3v) is 2.86. The van der Waals surface area contributed by atoms with Gasteiger partial charge < -0.3 is 10.5 Å². The van der Waals surface area contributed by atoms with Crippen molar-refractivity contribution in [3.63, 3.8) is 0 Å². The number of ether oxygens (including phenoxy) is 1. The first-order valence-electron chi connectivity index (χ1n) is 6.53. The smallest absolute Gasteiger partial charge is 0.305 e. The van der Waals surface area contributed by atoms with Crippen LogP contribution in [0.4, 0.5) is 0 Å². The number of carbonyl (C=O) groups is 1. The van der Waals surface area contributed by atoms with Crippen LogP contribution in [0.3, 0.4) is 0 Å². The van der Waals surface area contributed by atoms with E-state index in [1.165, 1.54) is 32.8 Å². The van der Waals surface area contributed by atoms with Gasteiger partial charge in [-0.1, -0.05) is 39.0 Å². The van der Waals surface area contributed by atoms with Crippen LogP contribution in [-0.2, 0) is 9.53 Å². The van der Waals surface area contributed by atoms with E-state index in [4.69, 9.17) is 5.73 Å². The minimum atomic E-state index is -0.0975. The number of esters is 1. The summed E-state index contributed by atoms with van der Waals surface area (Å²) in [5, 5.41) is 0. The third kappa shape index (κ3) is 13.7. The van der Waals surface area contributed by atoms with Gasteiger partial charge in [-0.15, -0.1) is 12.4 Å². The maximum Gasteiger partial charge on any atom is 0.305 e. The average Bonchev–Trinajstić information content (AvgIpc) is 2.30. The van der Waals surface area contributed by atoms with Gasteiger partial charge in [0, 0.05) is 12.5 Å². The molecule has 4 heteroatoms. The zero-order chi connectivity index (χ0) is 12.2. The minimum absolute atomic E-state index is 0. The summed E-state index contributed by atoms with van der Waals surface area (Å²) in [4.78, 5) is 10.8. The quantitative estimate of drug-likeness (QED) is 0.486. The van der Waals surface area contributed by atoms with Crippen LogP contribution in [0.5, 0.6) is 0 Å². The number of rotatable bonds is 10. The molecule has 104 valence electrons. The largest absolute Gasteiger partial charge is 0.469 e. The van der Waals surface area contributed by atoms with E-state index in [0.29, 0.717) is 12.5 Å². The lowest BCUT2D eigenvalue weighted by Crippen LogP contribution is -2.19. The Morgan fingerprint density at radius 2 is 1.71 bits per heavy atom. The number of nitrogens with two attached hydrogens (primary N) is 1. The van der Waals surface area contributed by atoms with Crippen LogP contribution in [0.1, 0.15) is 64.7 Å². The Labute approximate surface area is 112 Å². The summed E-state index contributed by atoms with van der Waals surface area (Å²) >= 11 is 0. The Morgan fingerprint density at radius 3 is 2.29 bits per heavy atom. The van der Waals surface area contributed by atoms with Crippen LogP contribution < -0.4 is 5.73 Å². The van der Waals surface area contributed by atoms with Crippen LogP contribution in [0.15, 0.2) is 0 Å². The summed E-state index contributed by atoms with van der Waals surface area (Å²) in [6, 6.07) is 0.376. The van der Waals surface area contributed by atoms with E-state index in [9.17, 15) is 4.79 Å². The van der Waals surface area contributed by atoms with Crippen molar-refractivity contribution in [2.45, 2.75) is 70.8 Å². The summed E-state index contributed by atoms with van der Waals surface area (Å²) < 4.78 is 4.58. The Hall–Kier alpha value is -0.280. The fraction of sp³-hybridized carbons (Fsp3) is 0.923. The van der Waals surface area contributed by atoms with Gasteiger partial charge in [-0.2, -0.15) is 0 Å². The predicted octanol–water partition coefficient (Wildman–Crippen LogP) is 3.44. The topological polar surface area (TPSA) is 52.3 Å². The molecule has 1 atom stereocenters. The summed E-state index contributed by atoms with van der Waals surface area (Å²) in [6.07, 6.45) is 9.71. The first kappa shape index (κ1) is 19.1. The normalized spacial score (nSPS) is 11.7. The van der Waals surface area contributed by atoms with Gasteiger partial charge in [-0.05, 0) is 19.3 Å². The molecular weight excluding hydrogens is 238 g/mol. The van der Waals surface area contributed by atoms with E-state index in [-0.39, 0.29) is 18.4 Å². The molecule has 0 rings (SSSR count). The van der Waals surface area contributed by atoms with E-state index < -0.39 is 0 Å². The fourth-order valence-electron chi connectivity index (χ4n) is 1.74. The second-order valence-electron chi connectivity index (χ2n) is 4.43. The van der Waals surface area contributed by atoms with Crippen LogP contribution in [0.25, 0.3) is 0 Å². The molecule has 0 saturated heterocycles. The van der Waals surface area contributed by atoms with Gasteiger partial charge in [0.15, 0.2) is 0 Å². The first-order valence-corrected chi connectivity index (χ1v) is 6.53. The van der Waals surface area contributed by atoms with E-state index in [1.807, 2.05) is 0 Å². The van der Waals surface area contributed by atoms with Gasteiger partial charge >= 0.3 is 5.97 Å². The number of methoxy groups -OCH3 is 1. The van der Waals surface area contributed by atoms with Crippen molar-refractivity contribution in [2.24, 2.45) is 5.73 Å². The fourth-order valence-corrected chi connectivity index (χ4v) is 1.74. The molecule has 0 aromatic carbocycles. The molecule has 0 saturated carbocycles. The number of hydrogen-bond donors (Lipinski definition) is 1. The van der Waals surface area contributed by atoms with Gasteiger partial charge in [0.25, 0.3) is 0 Å². The molecule has 0 radical (unpaired) electrons. The number of hydrogen-bond acceptors (Lipinski definition) is 3. The van der Waals surface area contributed by atoms with Crippen molar-refractivity contribution >= 4 is 18.4 Å². The molecular formula is C13H28ClNO2. The number of carbonyl (C=O) groups excluding carboxylic acids is 1. The molecule has 0 bridgehead atoms. The molecule has 17 heavy (non-hydrogen) atoms. The van der Waals surface area contributed by atoms with Crippen molar-refractivity contribution in [2.75, 3.05) is 7.11 Å². The summed E-state index contributed by atoms with van der Waals surface area (Å²) in [5.74, 6) is -0.0975. The maximum absolute atomic E-state index is 10.8. The van der Waals surface area contributed by atoms with Crippen LogP contribution in [-0.4, -0.2) is 19.1 Å². The highest BCUT2D eigenvalue weighted by Gasteiger charge is 2.02. The molecule has 0 amide bonds. The monoisotopic (exact) mass is 265 g/mol. The molecule has 3 nitrogen and oxygen atoms in total. The molecule has 0 aliphatic heterocycles. The molecule has 0 fully saturated rings. The van der Waals surface area contributed by atoms with Crippen molar-refractivity contribution < 1.29 is 9.53 Å². The van der Waals surface area contributed by atoms with Gasteiger partial charge in [0.05, 0.1) is 7.11 Å². The zero-order valence-corrected chi connectivity index (χ0v) is 12.1. The predicted molar refractivity (Wildman–Crippen MR) is 74.5 cm³/mol. The van der Waals surface area contributed by atoms with Crippen LogP contribution >= 0.6 is 12.4 Å². The van der Waals surface area contributed by atoms with Crippen LogP contribution in [0.2, 0.25) is 0 Å². The van der Waals surface area contributed by atoms with Gasteiger partial charge in [-0.3, -0.25) is 4.79 Å². The second-order valence-corrected chi connectivity index (χ2v) is 4.43. The average molecular weight is 266 g/mol. The first-order chi connectivity index (χ1) is 7.70.